The summed E-state index contributed by atoms with van der Waals surface area (Å²) in [5.74, 6) is 0.796. The van der Waals surface area contributed by atoms with Crippen molar-refractivity contribution in [2.75, 3.05) is 7.11 Å². The molecule has 29 heavy (non-hydrogen) atoms. The summed E-state index contributed by atoms with van der Waals surface area (Å²) in [6.45, 7) is 11.3. The summed E-state index contributed by atoms with van der Waals surface area (Å²) in [7, 11) is 0.483. The molecule has 0 radical (unpaired) electrons. The number of nitrogens with two attached hydrogens (primary N) is 1. The van der Waals surface area contributed by atoms with Gasteiger partial charge in [-0.3, -0.25) is 0 Å². The smallest absolute Gasteiger partial charge is 0.186 e. The Labute approximate surface area is 186 Å². The fourth-order valence-corrected chi connectivity index (χ4v) is 5.72. The van der Waals surface area contributed by atoms with Gasteiger partial charge in [-0.2, -0.15) is 0 Å². The van der Waals surface area contributed by atoms with Crippen LogP contribution in [0.2, 0.25) is 19.1 Å². The molecule has 0 saturated heterocycles. The van der Waals surface area contributed by atoms with E-state index in [-0.39, 0.29) is 5.54 Å². The fourth-order valence-electron chi connectivity index (χ4n) is 4.46. The van der Waals surface area contributed by atoms with E-state index in [1.807, 2.05) is 7.11 Å². The summed E-state index contributed by atoms with van der Waals surface area (Å²) in [6.07, 6.45) is 23.8. The van der Waals surface area contributed by atoms with Crippen LogP contribution in [-0.4, -0.2) is 21.0 Å². The van der Waals surface area contributed by atoms with Crippen molar-refractivity contribution in [1.29, 1.82) is 0 Å². The lowest BCUT2D eigenvalue weighted by atomic mass is 9.85. The van der Waals surface area contributed by atoms with E-state index in [0.717, 1.165) is 5.92 Å². The molecule has 0 saturated carbocycles. The fraction of sp³-hybridized carbons (Fsp3) is 1.00. The molecule has 0 aromatic heterocycles. The van der Waals surface area contributed by atoms with Crippen molar-refractivity contribution in [1.82, 2.24) is 0 Å². The van der Waals surface area contributed by atoms with Crippen LogP contribution in [0.5, 0.6) is 0 Å². The monoisotopic (exact) mass is 427 g/mol. The predicted molar refractivity (Wildman–Crippen MR) is 135 cm³/mol. The zero-order chi connectivity index (χ0) is 22.0. The Hall–Kier alpha value is 0.137. The van der Waals surface area contributed by atoms with Crippen LogP contribution >= 0.6 is 0 Å². The molecule has 0 aromatic carbocycles. The van der Waals surface area contributed by atoms with Crippen molar-refractivity contribution in [2.24, 2.45) is 11.7 Å². The average molecular weight is 428 g/mol. The number of unbranched alkanes of at least 4 members (excludes halogenated alkanes) is 12. The zero-order valence-corrected chi connectivity index (χ0v) is 22.3. The lowest BCUT2D eigenvalue weighted by Crippen LogP contribution is -2.34. The van der Waals surface area contributed by atoms with Crippen molar-refractivity contribution >= 4 is 8.32 Å². The van der Waals surface area contributed by atoms with Crippen molar-refractivity contribution in [3.05, 3.63) is 0 Å². The Balaban J connectivity index is 3.74. The molecule has 3 heteroatoms. The van der Waals surface area contributed by atoms with E-state index >= 15 is 0 Å². The molecule has 0 aliphatic heterocycles. The van der Waals surface area contributed by atoms with Gasteiger partial charge in [0, 0.05) is 12.6 Å². The molecule has 0 bridgehead atoms. The van der Waals surface area contributed by atoms with Crippen LogP contribution < -0.4 is 5.73 Å². The Morgan fingerprint density at radius 1 is 0.724 bits per heavy atom. The molecule has 0 amide bonds. The summed E-state index contributed by atoms with van der Waals surface area (Å²) < 4.78 is 5.72. The second-order valence-electron chi connectivity index (χ2n) is 10.9. The first-order valence-corrected chi connectivity index (χ1v) is 16.2. The highest BCUT2D eigenvalue weighted by molar-refractivity contribution is 6.71. The van der Waals surface area contributed by atoms with Crippen molar-refractivity contribution < 1.29 is 4.43 Å². The van der Waals surface area contributed by atoms with Crippen LogP contribution in [0.15, 0.2) is 0 Å². The molecule has 0 heterocycles. The molecule has 0 aliphatic carbocycles. The molecule has 0 aromatic rings. The van der Waals surface area contributed by atoms with Gasteiger partial charge >= 0.3 is 0 Å². The number of hydrogen-bond acceptors (Lipinski definition) is 2. The normalized spacial score (nSPS) is 13.8. The number of rotatable bonds is 21. The molecule has 2 N–H and O–H groups in total. The van der Waals surface area contributed by atoms with E-state index in [9.17, 15) is 0 Å². The van der Waals surface area contributed by atoms with Crippen molar-refractivity contribution in [2.45, 2.75) is 155 Å². The summed E-state index contributed by atoms with van der Waals surface area (Å²) in [6, 6.07) is 1.28. The third-order valence-corrected chi connectivity index (χ3v) is 9.14. The highest BCUT2D eigenvalue weighted by Gasteiger charge is 2.23. The lowest BCUT2D eigenvalue weighted by Gasteiger charge is -2.27. The van der Waals surface area contributed by atoms with Crippen LogP contribution in [0.25, 0.3) is 0 Å². The van der Waals surface area contributed by atoms with Gasteiger partial charge in [-0.05, 0) is 45.3 Å². The van der Waals surface area contributed by atoms with Crippen LogP contribution in [0, 0.1) is 5.92 Å². The van der Waals surface area contributed by atoms with Gasteiger partial charge in [0.15, 0.2) is 8.32 Å². The van der Waals surface area contributed by atoms with Crippen molar-refractivity contribution in [3.8, 4) is 0 Å². The van der Waals surface area contributed by atoms with Crippen molar-refractivity contribution in [3.63, 3.8) is 0 Å². The van der Waals surface area contributed by atoms with Crippen LogP contribution in [0.1, 0.15) is 130 Å². The maximum Gasteiger partial charge on any atom is 0.186 e. The van der Waals surface area contributed by atoms with Gasteiger partial charge in [-0.15, -0.1) is 0 Å². The second kappa shape index (κ2) is 17.8. The second-order valence-corrected chi connectivity index (χ2v) is 15.4. The standard InChI is InChI=1S/C26H57NOSi/c1-7-8-9-10-11-12-13-14-15-16-17-18-19-21-25(24-26(2,3)27)22-20-23-29(5,6)28-4/h25H,7-24,27H2,1-6H3. The molecule has 1 atom stereocenters. The minimum absolute atomic E-state index is 0.0323. The summed E-state index contributed by atoms with van der Waals surface area (Å²) in [5, 5.41) is 0. The molecular weight excluding hydrogens is 370 g/mol. The van der Waals surface area contributed by atoms with Gasteiger partial charge in [0.05, 0.1) is 0 Å². The van der Waals surface area contributed by atoms with E-state index in [1.165, 1.54) is 115 Å². The largest absolute Gasteiger partial charge is 0.420 e. The molecular formula is C26H57NOSi. The molecule has 0 aliphatic rings. The van der Waals surface area contributed by atoms with E-state index < -0.39 is 8.32 Å². The highest BCUT2D eigenvalue weighted by atomic mass is 28.4. The van der Waals surface area contributed by atoms with Gasteiger partial charge in [0.1, 0.15) is 0 Å². The molecule has 1 unspecified atom stereocenters. The molecule has 176 valence electrons. The third-order valence-electron chi connectivity index (χ3n) is 6.47. The predicted octanol–water partition coefficient (Wildman–Crippen LogP) is 8.84. The van der Waals surface area contributed by atoms with Crippen LogP contribution in [0.4, 0.5) is 0 Å². The summed E-state index contributed by atoms with van der Waals surface area (Å²) in [5.41, 5.74) is 6.32. The Morgan fingerprint density at radius 2 is 1.14 bits per heavy atom. The average Bonchev–Trinajstić information content (AvgIpc) is 2.64. The quantitative estimate of drug-likeness (QED) is 0.147. The van der Waals surface area contributed by atoms with Crippen LogP contribution in [-0.2, 0) is 4.43 Å². The van der Waals surface area contributed by atoms with Gasteiger partial charge < -0.3 is 10.2 Å². The maximum atomic E-state index is 6.35. The maximum absolute atomic E-state index is 6.35. The Morgan fingerprint density at radius 3 is 1.55 bits per heavy atom. The van der Waals surface area contributed by atoms with Crippen LogP contribution in [0.3, 0.4) is 0 Å². The first-order chi connectivity index (χ1) is 13.7. The Kier molecular flexibility index (Phi) is 17.9. The van der Waals surface area contributed by atoms with E-state index in [4.69, 9.17) is 10.2 Å². The zero-order valence-electron chi connectivity index (χ0n) is 21.3. The molecule has 0 rings (SSSR count). The SMILES string of the molecule is CCCCCCCCCCCCCCCC(CCC[Si](C)(C)OC)CC(C)(C)N. The topological polar surface area (TPSA) is 35.2 Å². The van der Waals surface area contributed by atoms with E-state index in [2.05, 4.69) is 33.9 Å². The molecule has 2 nitrogen and oxygen atoms in total. The summed E-state index contributed by atoms with van der Waals surface area (Å²) in [4.78, 5) is 0. The summed E-state index contributed by atoms with van der Waals surface area (Å²) >= 11 is 0. The minimum Gasteiger partial charge on any atom is -0.420 e. The Bertz CT molecular complexity index is 351. The van der Waals surface area contributed by atoms with E-state index in [0.29, 0.717) is 0 Å². The number of hydrogen-bond donors (Lipinski definition) is 1. The van der Waals surface area contributed by atoms with Gasteiger partial charge in [0.2, 0.25) is 0 Å². The van der Waals surface area contributed by atoms with Gasteiger partial charge in [-0.25, -0.2) is 0 Å². The van der Waals surface area contributed by atoms with Gasteiger partial charge in [0.25, 0.3) is 0 Å². The lowest BCUT2D eigenvalue weighted by molar-refractivity contribution is 0.313. The first kappa shape index (κ1) is 29.1. The first-order valence-electron chi connectivity index (χ1n) is 13.0. The highest BCUT2D eigenvalue weighted by Crippen LogP contribution is 2.27. The minimum atomic E-state index is -1.41. The van der Waals surface area contributed by atoms with E-state index in [1.54, 1.807) is 0 Å². The third kappa shape index (κ3) is 21.2. The molecule has 0 spiro atoms. The van der Waals surface area contributed by atoms with Gasteiger partial charge in [-0.1, -0.05) is 110 Å². The molecule has 0 fully saturated rings.